The molecule has 0 saturated carbocycles. The van der Waals surface area contributed by atoms with Crippen LogP contribution in [-0.4, -0.2) is 49.7 Å². The van der Waals surface area contributed by atoms with Gasteiger partial charge in [0.05, 0.1) is 30.5 Å². The van der Waals surface area contributed by atoms with Gasteiger partial charge in [0.25, 0.3) is 5.91 Å². The Hall–Kier alpha value is -5.26. The topological polar surface area (TPSA) is 110 Å². The summed E-state index contributed by atoms with van der Waals surface area (Å²) in [5, 5.41) is 13.9. The Kier molecular flexibility index (Phi) is 6.75. The number of nitrogens with zero attached hydrogens (tertiary/aromatic N) is 2. The molecule has 6 aromatic rings. The van der Waals surface area contributed by atoms with Crippen molar-refractivity contribution in [3.8, 4) is 39.7 Å². The van der Waals surface area contributed by atoms with Gasteiger partial charge in [-0.25, -0.2) is 13.8 Å². The SMILES string of the molecule is CNC(=O)c1c(-c2ccc(F)cc2)oc2cc(N3CCOC3O)c(-c3ccc(OC)c(-c4nc5c(F)cccc5o4)c3)cc12. The lowest BCUT2D eigenvalue weighted by Crippen LogP contribution is -2.30. The van der Waals surface area contributed by atoms with E-state index in [2.05, 4.69) is 10.3 Å². The van der Waals surface area contributed by atoms with Gasteiger partial charge in [-0.2, -0.15) is 0 Å². The molecule has 44 heavy (non-hydrogen) atoms. The first-order valence-corrected chi connectivity index (χ1v) is 13.7. The van der Waals surface area contributed by atoms with Crippen molar-refractivity contribution in [3.05, 3.63) is 90.0 Å². The first kappa shape index (κ1) is 27.6. The molecule has 1 atom stereocenters. The van der Waals surface area contributed by atoms with Gasteiger partial charge in [0, 0.05) is 36.2 Å². The molecule has 1 aliphatic heterocycles. The van der Waals surface area contributed by atoms with Crippen LogP contribution in [0.4, 0.5) is 14.5 Å². The summed E-state index contributed by atoms with van der Waals surface area (Å²) in [5.41, 5.74) is 3.87. The van der Waals surface area contributed by atoms with Gasteiger partial charge in [-0.05, 0) is 60.2 Å². The van der Waals surface area contributed by atoms with Gasteiger partial charge in [0.15, 0.2) is 11.4 Å². The third kappa shape index (κ3) is 4.53. The predicted molar refractivity (Wildman–Crippen MR) is 159 cm³/mol. The number of hydrogen-bond acceptors (Lipinski definition) is 8. The van der Waals surface area contributed by atoms with E-state index in [9.17, 15) is 18.7 Å². The molecule has 9 nitrogen and oxygen atoms in total. The number of oxazole rings is 1. The van der Waals surface area contributed by atoms with E-state index in [1.165, 1.54) is 44.5 Å². The van der Waals surface area contributed by atoms with E-state index >= 15 is 0 Å². The second kappa shape index (κ2) is 10.8. The van der Waals surface area contributed by atoms with Gasteiger partial charge in [-0.3, -0.25) is 4.79 Å². The molecule has 1 aliphatic rings. The lowest BCUT2D eigenvalue weighted by atomic mass is 9.96. The molecule has 0 aliphatic carbocycles. The summed E-state index contributed by atoms with van der Waals surface area (Å²) in [6, 6.07) is 19.0. The smallest absolute Gasteiger partial charge is 0.255 e. The van der Waals surface area contributed by atoms with E-state index < -0.39 is 24.0 Å². The molecule has 222 valence electrons. The molecule has 0 bridgehead atoms. The molecule has 1 unspecified atom stereocenters. The number of aliphatic hydroxyl groups excluding tert-OH is 1. The van der Waals surface area contributed by atoms with Gasteiger partial charge in [-0.1, -0.05) is 12.1 Å². The molecule has 1 amide bonds. The molecule has 3 heterocycles. The number of fused-ring (bicyclic) bond motifs is 2. The maximum Gasteiger partial charge on any atom is 0.255 e. The number of rotatable bonds is 6. The summed E-state index contributed by atoms with van der Waals surface area (Å²) in [5.74, 6) is -0.456. The molecule has 11 heteroatoms. The van der Waals surface area contributed by atoms with E-state index in [1.807, 2.05) is 6.07 Å². The van der Waals surface area contributed by atoms with Crippen molar-refractivity contribution in [2.75, 3.05) is 32.2 Å². The minimum atomic E-state index is -1.21. The van der Waals surface area contributed by atoms with Crippen molar-refractivity contribution in [2.24, 2.45) is 0 Å². The Balaban J connectivity index is 1.48. The zero-order valence-corrected chi connectivity index (χ0v) is 23.6. The number of nitrogens with one attached hydrogen (secondary N) is 1. The number of carbonyl (C=O) groups is 1. The number of carbonyl (C=O) groups excluding carboxylic acids is 1. The van der Waals surface area contributed by atoms with Crippen LogP contribution in [0.1, 0.15) is 10.4 Å². The van der Waals surface area contributed by atoms with Crippen LogP contribution in [0.3, 0.4) is 0 Å². The number of anilines is 1. The summed E-state index contributed by atoms with van der Waals surface area (Å²) < 4.78 is 51.4. The molecular weight excluding hydrogens is 572 g/mol. The second-order valence-electron chi connectivity index (χ2n) is 10.2. The Morgan fingerprint density at radius 1 is 1.00 bits per heavy atom. The number of aromatic nitrogens is 1. The number of amides is 1. The highest BCUT2D eigenvalue weighted by atomic mass is 19.1. The van der Waals surface area contributed by atoms with Gasteiger partial charge in [-0.15, -0.1) is 0 Å². The highest BCUT2D eigenvalue weighted by Gasteiger charge is 2.30. The standard InChI is InChI=1S/C33H25F2N3O6/c1-36-31(39)28-21-15-20(18-8-11-25(41-2)22(14-18)32-37-29-23(35)4-3-5-26(29)44-32)24(38-12-13-42-33(38)40)16-27(21)43-30(28)17-6-9-19(34)10-7-17/h3-11,14-16,33,40H,12-13H2,1-2H3,(H,36,39). The number of hydrogen-bond donors (Lipinski definition) is 2. The van der Waals surface area contributed by atoms with E-state index in [1.54, 1.807) is 41.3 Å². The fourth-order valence-electron chi connectivity index (χ4n) is 5.53. The van der Waals surface area contributed by atoms with Gasteiger partial charge >= 0.3 is 0 Å². The minimum Gasteiger partial charge on any atom is -0.496 e. The molecule has 7 rings (SSSR count). The van der Waals surface area contributed by atoms with E-state index in [4.69, 9.17) is 18.3 Å². The quantitative estimate of drug-likeness (QED) is 0.229. The van der Waals surface area contributed by atoms with Crippen molar-refractivity contribution in [1.82, 2.24) is 10.3 Å². The second-order valence-corrected chi connectivity index (χ2v) is 10.2. The number of furan rings is 1. The molecule has 2 aromatic heterocycles. The predicted octanol–water partition coefficient (Wildman–Crippen LogP) is 6.33. The van der Waals surface area contributed by atoms with Crippen molar-refractivity contribution < 1.29 is 37.0 Å². The normalized spacial score (nSPS) is 14.9. The van der Waals surface area contributed by atoms with Crippen LogP contribution in [-0.2, 0) is 4.74 Å². The number of aliphatic hydroxyl groups is 1. The lowest BCUT2D eigenvalue weighted by molar-refractivity contribution is -0.0573. The molecule has 0 radical (unpaired) electrons. The Morgan fingerprint density at radius 2 is 1.80 bits per heavy atom. The molecule has 1 saturated heterocycles. The zero-order chi connectivity index (χ0) is 30.5. The average Bonchev–Trinajstić information content (AvgIpc) is 3.77. The number of methoxy groups -OCH3 is 1. The Labute approximate surface area is 249 Å². The van der Waals surface area contributed by atoms with Crippen LogP contribution in [0.2, 0.25) is 0 Å². The number of benzene rings is 4. The molecule has 1 fully saturated rings. The Morgan fingerprint density at radius 3 is 2.50 bits per heavy atom. The summed E-state index contributed by atoms with van der Waals surface area (Å²) >= 11 is 0. The monoisotopic (exact) mass is 597 g/mol. The van der Waals surface area contributed by atoms with E-state index in [0.29, 0.717) is 57.8 Å². The van der Waals surface area contributed by atoms with Crippen LogP contribution in [0.15, 0.2) is 81.6 Å². The maximum absolute atomic E-state index is 14.5. The largest absolute Gasteiger partial charge is 0.496 e. The highest BCUT2D eigenvalue weighted by molar-refractivity contribution is 6.13. The summed E-state index contributed by atoms with van der Waals surface area (Å²) in [4.78, 5) is 19.3. The van der Waals surface area contributed by atoms with Gasteiger partial charge < -0.3 is 33.6 Å². The number of halogens is 2. The van der Waals surface area contributed by atoms with Crippen LogP contribution in [0.25, 0.3) is 56.0 Å². The molecule has 4 aromatic carbocycles. The fraction of sp³-hybridized carbons (Fsp3) is 0.152. The van der Waals surface area contributed by atoms with Gasteiger partial charge in [0.1, 0.15) is 28.4 Å². The fourth-order valence-corrected chi connectivity index (χ4v) is 5.53. The first-order chi connectivity index (χ1) is 21.4. The number of para-hydroxylation sites is 1. The van der Waals surface area contributed by atoms with E-state index in [-0.39, 0.29) is 28.3 Å². The van der Waals surface area contributed by atoms with Crippen molar-refractivity contribution in [1.29, 1.82) is 0 Å². The maximum atomic E-state index is 14.5. The van der Waals surface area contributed by atoms with Crippen LogP contribution < -0.4 is 15.0 Å². The van der Waals surface area contributed by atoms with Crippen molar-refractivity contribution in [2.45, 2.75) is 6.41 Å². The molecule has 0 spiro atoms. The van der Waals surface area contributed by atoms with Crippen LogP contribution in [0.5, 0.6) is 5.75 Å². The van der Waals surface area contributed by atoms with Crippen molar-refractivity contribution >= 4 is 33.7 Å². The zero-order valence-electron chi connectivity index (χ0n) is 23.6. The minimum absolute atomic E-state index is 0.0938. The van der Waals surface area contributed by atoms with Crippen molar-refractivity contribution in [3.63, 3.8) is 0 Å². The highest BCUT2D eigenvalue weighted by Crippen LogP contribution is 2.44. The van der Waals surface area contributed by atoms with Crippen LogP contribution in [0, 0.1) is 11.6 Å². The summed E-state index contributed by atoms with van der Waals surface area (Å²) in [6.45, 7) is 0.685. The lowest BCUT2D eigenvalue weighted by Gasteiger charge is -2.24. The number of ether oxygens (including phenoxy) is 2. The average molecular weight is 598 g/mol. The Bertz CT molecular complexity index is 2050. The van der Waals surface area contributed by atoms with Gasteiger partial charge in [0.2, 0.25) is 12.3 Å². The summed E-state index contributed by atoms with van der Waals surface area (Å²) in [6.07, 6.45) is -1.21. The summed E-state index contributed by atoms with van der Waals surface area (Å²) in [7, 11) is 3.02. The molecule has 2 N–H and O–H groups in total. The van der Waals surface area contributed by atoms with Crippen LogP contribution >= 0.6 is 0 Å². The first-order valence-electron chi connectivity index (χ1n) is 13.7. The van der Waals surface area contributed by atoms with E-state index in [0.717, 1.165) is 0 Å². The third-order valence-corrected chi connectivity index (χ3v) is 7.65. The third-order valence-electron chi connectivity index (χ3n) is 7.65. The molecular formula is C33H25F2N3O6.